The Morgan fingerprint density at radius 1 is 1.29 bits per heavy atom. The smallest absolute Gasteiger partial charge is 0.129 e. The van der Waals surface area contributed by atoms with E-state index in [1.807, 2.05) is 6.07 Å². The van der Waals surface area contributed by atoms with Gasteiger partial charge in [0, 0.05) is 36.4 Å². The molecule has 0 saturated heterocycles. The molecule has 0 unspecified atom stereocenters. The summed E-state index contributed by atoms with van der Waals surface area (Å²) in [7, 11) is 0. The third-order valence-electron chi connectivity index (χ3n) is 4.32. The summed E-state index contributed by atoms with van der Waals surface area (Å²) in [5.41, 5.74) is 1.85. The van der Waals surface area contributed by atoms with E-state index in [0.29, 0.717) is 6.54 Å². The largest absolute Gasteiger partial charge is 0.371 e. The predicted octanol–water partition coefficient (Wildman–Crippen LogP) is 4.34. The van der Waals surface area contributed by atoms with Gasteiger partial charge in [0.05, 0.1) is 0 Å². The van der Waals surface area contributed by atoms with Gasteiger partial charge in [-0.1, -0.05) is 12.5 Å². The van der Waals surface area contributed by atoms with Gasteiger partial charge >= 0.3 is 0 Å². The highest BCUT2D eigenvalue weighted by atomic mass is 19.1. The van der Waals surface area contributed by atoms with Crippen molar-refractivity contribution in [3.05, 3.63) is 29.6 Å². The molecule has 1 aliphatic rings. The van der Waals surface area contributed by atoms with E-state index in [0.717, 1.165) is 30.3 Å². The Kier molecular flexibility index (Phi) is 5.26. The van der Waals surface area contributed by atoms with Crippen molar-refractivity contribution in [3.63, 3.8) is 0 Å². The Bertz CT molecular complexity index is 461. The molecule has 1 aromatic carbocycles. The lowest BCUT2D eigenvalue weighted by Gasteiger charge is -2.34. The summed E-state index contributed by atoms with van der Waals surface area (Å²) in [5, 5.41) is 3.41. The Hall–Kier alpha value is -1.09. The molecule has 2 nitrogen and oxygen atoms in total. The van der Waals surface area contributed by atoms with Crippen molar-refractivity contribution >= 4 is 5.69 Å². The van der Waals surface area contributed by atoms with Gasteiger partial charge < -0.3 is 10.2 Å². The molecule has 118 valence electrons. The van der Waals surface area contributed by atoms with Crippen molar-refractivity contribution in [2.24, 2.45) is 5.92 Å². The van der Waals surface area contributed by atoms with E-state index in [1.54, 1.807) is 6.07 Å². The van der Waals surface area contributed by atoms with Crippen molar-refractivity contribution in [2.45, 2.75) is 59.0 Å². The minimum absolute atomic E-state index is 0.00936. The maximum absolute atomic E-state index is 14.3. The van der Waals surface area contributed by atoms with Crippen LogP contribution >= 0.6 is 0 Å². The second-order valence-corrected chi connectivity index (χ2v) is 7.18. The number of halogens is 1. The van der Waals surface area contributed by atoms with Gasteiger partial charge in [0.25, 0.3) is 0 Å². The van der Waals surface area contributed by atoms with Crippen LogP contribution in [0.1, 0.15) is 52.5 Å². The number of rotatable bonds is 6. The first-order valence-electron chi connectivity index (χ1n) is 8.18. The van der Waals surface area contributed by atoms with Gasteiger partial charge in [0.15, 0.2) is 0 Å². The van der Waals surface area contributed by atoms with E-state index in [-0.39, 0.29) is 11.4 Å². The van der Waals surface area contributed by atoms with Crippen LogP contribution < -0.4 is 10.2 Å². The van der Waals surface area contributed by atoms with Crippen LogP contribution in [0.2, 0.25) is 0 Å². The normalized spacial score (nSPS) is 15.9. The highest BCUT2D eigenvalue weighted by Crippen LogP contribution is 2.31. The Morgan fingerprint density at radius 2 is 2.00 bits per heavy atom. The molecule has 2 rings (SSSR count). The summed E-state index contributed by atoms with van der Waals surface area (Å²) < 4.78 is 14.3. The molecule has 0 radical (unpaired) electrons. The van der Waals surface area contributed by atoms with Crippen molar-refractivity contribution in [1.82, 2.24) is 5.32 Å². The molecule has 0 atom stereocenters. The molecule has 1 N–H and O–H groups in total. The Labute approximate surface area is 128 Å². The van der Waals surface area contributed by atoms with Gasteiger partial charge in [-0.2, -0.15) is 0 Å². The number of nitrogens with zero attached hydrogens (tertiary/aromatic N) is 1. The summed E-state index contributed by atoms with van der Waals surface area (Å²) in [5.74, 6) is 0.688. The summed E-state index contributed by atoms with van der Waals surface area (Å²) >= 11 is 0. The first kappa shape index (κ1) is 16.3. The lowest BCUT2D eigenvalue weighted by Crippen LogP contribution is -2.37. The van der Waals surface area contributed by atoms with E-state index in [4.69, 9.17) is 0 Å². The lowest BCUT2D eigenvalue weighted by molar-refractivity contribution is 0.318. The molecule has 0 aliphatic heterocycles. The molecule has 1 aromatic rings. The fourth-order valence-corrected chi connectivity index (χ4v) is 2.76. The number of nitrogens with one attached hydrogen (secondary N) is 1. The molecule has 1 fully saturated rings. The van der Waals surface area contributed by atoms with E-state index < -0.39 is 0 Å². The van der Waals surface area contributed by atoms with Crippen LogP contribution in [0.15, 0.2) is 18.2 Å². The van der Waals surface area contributed by atoms with Crippen LogP contribution in [-0.4, -0.2) is 18.6 Å². The predicted molar refractivity (Wildman–Crippen MR) is 88.2 cm³/mol. The van der Waals surface area contributed by atoms with Crippen LogP contribution in [0.4, 0.5) is 10.1 Å². The summed E-state index contributed by atoms with van der Waals surface area (Å²) in [6.07, 6.45) is 3.99. The Balaban J connectivity index is 2.17. The topological polar surface area (TPSA) is 15.3 Å². The zero-order chi connectivity index (χ0) is 15.5. The molecule has 0 amide bonds. The standard InChI is InChI=1S/C18H29FN2/c1-5-21(13-14-8-6-9-14)17-11-7-10-16(19)15(17)12-20-18(2,3)4/h7,10-11,14,20H,5-6,8-9,12-13H2,1-4H3. The monoisotopic (exact) mass is 292 g/mol. The molecule has 0 spiro atoms. The molecule has 1 saturated carbocycles. The maximum atomic E-state index is 14.3. The number of hydrogen-bond acceptors (Lipinski definition) is 2. The zero-order valence-corrected chi connectivity index (χ0v) is 13.9. The van der Waals surface area contributed by atoms with Gasteiger partial charge in [0.1, 0.15) is 5.82 Å². The molecule has 0 heterocycles. The van der Waals surface area contributed by atoms with Crippen molar-refractivity contribution in [2.75, 3.05) is 18.0 Å². The van der Waals surface area contributed by atoms with E-state index in [1.165, 1.54) is 19.3 Å². The van der Waals surface area contributed by atoms with Crippen molar-refractivity contribution in [3.8, 4) is 0 Å². The zero-order valence-electron chi connectivity index (χ0n) is 13.9. The van der Waals surface area contributed by atoms with E-state index in [2.05, 4.69) is 44.0 Å². The van der Waals surface area contributed by atoms with Gasteiger partial charge in [-0.3, -0.25) is 0 Å². The third kappa shape index (κ3) is 4.44. The lowest BCUT2D eigenvalue weighted by atomic mass is 9.85. The molecule has 1 aliphatic carbocycles. The van der Waals surface area contributed by atoms with Crippen LogP contribution in [0, 0.1) is 11.7 Å². The van der Waals surface area contributed by atoms with Gasteiger partial charge in [-0.15, -0.1) is 0 Å². The minimum atomic E-state index is -0.101. The molecule has 3 heteroatoms. The fraction of sp³-hybridized carbons (Fsp3) is 0.667. The molecule has 21 heavy (non-hydrogen) atoms. The van der Waals surface area contributed by atoms with Gasteiger partial charge in [-0.25, -0.2) is 4.39 Å². The summed E-state index contributed by atoms with van der Waals surface area (Å²) in [6.45, 7) is 11.1. The van der Waals surface area contributed by atoms with Crippen molar-refractivity contribution in [1.29, 1.82) is 0 Å². The second-order valence-electron chi connectivity index (χ2n) is 7.18. The van der Waals surface area contributed by atoms with E-state index in [9.17, 15) is 4.39 Å². The van der Waals surface area contributed by atoms with Crippen LogP contribution in [-0.2, 0) is 6.54 Å². The van der Waals surface area contributed by atoms with Crippen LogP contribution in [0.25, 0.3) is 0 Å². The van der Waals surface area contributed by atoms with Gasteiger partial charge in [-0.05, 0) is 58.6 Å². The highest BCUT2D eigenvalue weighted by Gasteiger charge is 2.22. The SMILES string of the molecule is CCN(CC1CCC1)c1cccc(F)c1CNC(C)(C)C. The molecule has 0 aromatic heterocycles. The highest BCUT2D eigenvalue weighted by molar-refractivity contribution is 5.54. The van der Waals surface area contributed by atoms with Crippen molar-refractivity contribution < 1.29 is 4.39 Å². The third-order valence-corrected chi connectivity index (χ3v) is 4.32. The number of hydrogen-bond donors (Lipinski definition) is 1. The van der Waals surface area contributed by atoms with E-state index >= 15 is 0 Å². The summed E-state index contributed by atoms with van der Waals surface area (Å²) in [4.78, 5) is 2.34. The van der Waals surface area contributed by atoms with Crippen LogP contribution in [0.3, 0.4) is 0 Å². The number of anilines is 1. The molecular formula is C18H29FN2. The number of benzene rings is 1. The average molecular weight is 292 g/mol. The minimum Gasteiger partial charge on any atom is -0.371 e. The van der Waals surface area contributed by atoms with Gasteiger partial charge in [0.2, 0.25) is 0 Å². The average Bonchev–Trinajstić information content (AvgIpc) is 2.35. The maximum Gasteiger partial charge on any atom is 0.129 e. The molecular weight excluding hydrogens is 263 g/mol. The first-order chi connectivity index (χ1) is 9.90. The second kappa shape index (κ2) is 6.78. The Morgan fingerprint density at radius 3 is 2.52 bits per heavy atom. The van der Waals surface area contributed by atoms with Crippen LogP contribution in [0.5, 0.6) is 0 Å². The summed E-state index contributed by atoms with van der Waals surface area (Å²) in [6, 6.07) is 5.46. The fourth-order valence-electron chi connectivity index (χ4n) is 2.76. The first-order valence-corrected chi connectivity index (χ1v) is 8.18. The molecule has 0 bridgehead atoms. The quantitative estimate of drug-likeness (QED) is 0.839.